The first-order valence-corrected chi connectivity index (χ1v) is 12.9. The predicted octanol–water partition coefficient (Wildman–Crippen LogP) is 7.22. The molecule has 0 aliphatic rings. The van der Waals surface area contributed by atoms with Crippen LogP contribution in [-0.4, -0.2) is 34.7 Å². The molecule has 2 aromatic carbocycles. The first-order chi connectivity index (χ1) is 14.6. The lowest BCUT2D eigenvalue weighted by molar-refractivity contribution is 0.468. The van der Waals surface area contributed by atoms with Crippen molar-refractivity contribution in [3.8, 4) is 11.5 Å². The highest BCUT2D eigenvalue weighted by atomic mass is 127. The molecule has 0 aliphatic heterocycles. The van der Waals surface area contributed by atoms with Gasteiger partial charge in [0, 0.05) is 22.6 Å². The van der Waals surface area contributed by atoms with E-state index >= 15 is 0 Å². The fourth-order valence-electron chi connectivity index (χ4n) is 3.22. The molecule has 0 bridgehead atoms. The minimum Gasteiger partial charge on any atom is -0.506 e. The number of phenolic OH excluding ortho intramolecular Hbond substituents is 2. The lowest BCUT2D eigenvalue weighted by Crippen LogP contribution is -2.13. The fraction of sp³-hybridized carbons (Fsp3) is 0.462. The molecule has 2 N–H and O–H groups in total. The van der Waals surface area contributed by atoms with Crippen LogP contribution in [0.4, 0.5) is 0 Å². The Morgan fingerprint density at radius 1 is 0.688 bits per heavy atom. The molecular weight excluding hydrogens is 626 g/mol. The highest BCUT2D eigenvalue weighted by Crippen LogP contribution is 2.33. The maximum atomic E-state index is 10.6. The first kappa shape index (κ1) is 27.1. The molecular formula is C26H34I2N2O2. The smallest absolute Gasteiger partial charge is 0.137 e. The van der Waals surface area contributed by atoms with Gasteiger partial charge in [0.15, 0.2) is 0 Å². The molecule has 0 unspecified atom stereocenters. The summed E-state index contributed by atoms with van der Waals surface area (Å²) in [6.07, 6.45) is 0. The normalized spacial score (nSPS) is 13.6. The van der Waals surface area contributed by atoms with E-state index in [1.54, 1.807) is 0 Å². The molecule has 174 valence electrons. The van der Waals surface area contributed by atoms with Gasteiger partial charge in [0.2, 0.25) is 0 Å². The molecule has 0 aliphatic carbocycles. The summed E-state index contributed by atoms with van der Waals surface area (Å²) in [6, 6.07) is 8.12. The summed E-state index contributed by atoms with van der Waals surface area (Å²) >= 11 is 4.34. The van der Waals surface area contributed by atoms with E-state index in [1.165, 1.54) is 11.1 Å². The van der Waals surface area contributed by atoms with Crippen LogP contribution in [0.5, 0.6) is 11.5 Å². The number of hydrogen-bond acceptors (Lipinski definition) is 4. The van der Waals surface area contributed by atoms with Gasteiger partial charge >= 0.3 is 0 Å². The van der Waals surface area contributed by atoms with Crippen molar-refractivity contribution in [1.82, 2.24) is 0 Å². The Bertz CT molecular complexity index is 973. The number of nitrogens with zero attached hydrogens (tertiary/aromatic N) is 2. The number of benzene rings is 2. The Balaban J connectivity index is 2.24. The van der Waals surface area contributed by atoms with E-state index in [2.05, 4.69) is 96.7 Å². The van der Waals surface area contributed by atoms with Crippen molar-refractivity contribution < 1.29 is 10.2 Å². The fourth-order valence-corrected chi connectivity index (χ4v) is 4.47. The van der Waals surface area contributed by atoms with Gasteiger partial charge in [-0.3, -0.25) is 9.98 Å². The van der Waals surface area contributed by atoms with Crippen LogP contribution in [0.3, 0.4) is 0 Å². The van der Waals surface area contributed by atoms with E-state index in [0.29, 0.717) is 13.1 Å². The molecule has 0 radical (unpaired) electrons. The van der Waals surface area contributed by atoms with Crippen LogP contribution in [0, 0.1) is 7.14 Å². The average molecular weight is 660 g/mol. The summed E-state index contributed by atoms with van der Waals surface area (Å²) in [7, 11) is 0. The summed E-state index contributed by atoms with van der Waals surface area (Å²) in [4.78, 5) is 9.33. The molecule has 0 aromatic heterocycles. The van der Waals surface area contributed by atoms with Crippen molar-refractivity contribution in [2.45, 2.75) is 66.2 Å². The third kappa shape index (κ3) is 6.68. The maximum absolute atomic E-state index is 10.6. The monoisotopic (exact) mass is 660 g/mol. The van der Waals surface area contributed by atoms with Gasteiger partial charge in [-0.2, -0.15) is 0 Å². The van der Waals surface area contributed by atoms with Crippen LogP contribution in [0.25, 0.3) is 0 Å². The van der Waals surface area contributed by atoms with Crippen LogP contribution >= 0.6 is 45.2 Å². The zero-order valence-corrected chi connectivity index (χ0v) is 24.6. The molecule has 2 rings (SSSR count). The van der Waals surface area contributed by atoms with Crippen molar-refractivity contribution in [2.75, 3.05) is 13.1 Å². The molecule has 0 amide bonds. The Kier molecular flexibility index (Phi) is 8.81. The minimum absolute atomic E-state index is 0.00877. The minimum atomic E-state index is -0.00877. The molecule has 4 nitrogen and oxygen atoms in total. The summed E-state index contributed by atoms with van der Waals surface area (Å²) in [5, 5.41) is 21.1. The topological polar surface area (TPSA) is 65.2 Å². The van der Waals surface area contributed by atoms with E-state index in [9.17, 15) is 10.2 Å². The van der Waals surface area contributed by atoms with Gasteiger partial charge < -0.3 is 10.2 Å². The Morgan fingerprint density at radius 3 is 1.28 bits per heavy atom. The van der Waals surface area contributed by atoms with E-state index in [1.807, 2.05) is 38.1 Å². The van der Waals surface area contributed by atoms with E-state index < -0.39 is 0 Å². The molecule has 0 heterocycles. The maximum Gasteiger partial charge on any atom is 0.137 e. The third-order valence-corrected chi connectivity index (χ3v) is 7.08. The summed E-state index contributed by atoms with van der Waals surface area (Å²) in [6.45, 7) is 17.8. The van der Waals surface area contributed by atoms with Crippen molar-refractivity contribution in [1.29, 1.82) is 0 Å². The van der Waals surface area contributed by atoms with Gasteiger partial charge in [-0.1, -0.05) is 41.5 Å². The number of aliphatic imine (C=N–C) groups is 2. The predicted molar refractivity (Wildman–Crippen MR) is 153 cm³/mol. The second kappa shape index (κ2) is 10.4. The van der Waals surface area contributed by atoms with Crippen LogP contribution in [-0.2, 0) is 10.8 Å². The Morgan fingerprint density at radius 2 is 1.00 bits per heavy atom. The van der Waals surface area contributed by atoms with Crippen molar-refractivity contribution in [3.63, 3.8) is 0 Å². The van der Waals surface area contributed by atoms with Gasteiger partial charge in [0.25, 0.3) is 0 Å². The molecule has 32 heavy (non-hydrogen) atoms. The molecule has 0 saturated carbocycles. The average Bonchev–Trinajstić information content (AvgIpc) is 2.67. The van der Waals surface area contributed by atoms with E-state index in [0.717, 1.165) is 29.7 Å². The van der Waals surface area contributed by atoms with Crippen molar-refractivity contribution in [3.05, 3.63) is 53.7 Å². The van der Waals surface area contributed by atoms with Gasteiger partial charge in [-0.25, -0.2) is 0 Å². The molecule has 0 fully saturated rings. The SMILES string of the molecule is CC(=NCCN=C(C)c1cc(C(C)(C)C)cc(I)c1O)c1cc(C(C)(C)C)cc(I)c1O. The quantitative estimate of drug-likeness (QED) is 0.202. The number of phenols is 2. The summed E-state index contributed by atoms with van der Waals surface area (Å²) < 4.78 is 1.66. The Hall–Kier alpha value is -1.16. The zero-order chi connectivity index (χ0) is 24.4. The van der Waals surface area contributed by atoms with Crippen molar-refractivity contribution in [2.24, 2.45) is 9.98 Å². The third-order valence-electron chi connectivity index (χ3n) is 5.44. The first-order valence-electron chi connectivity index (χ1n) is 10.7. The van der Waals surface area contributed by atoms with Crippen LogP contribution in [0.1, 0.15) is 77.6 Å². The summed E-state index contributed by atoms with van der Waals surface area (Å²) in [5.41, 5.74) is 5.46. The van der Waals surface area contributed by atoms with E-state index in [-0.39, 0.29) is 22.3 Å². The van der Waals surface area contributed by atoms with Gasteiger partial charge in [-0.05, 0) is 105 Å². The van der Waals surface area contributed by atoms with E-state index in [4.69, 9.17) is 0 Å². The van der Waals surface area contributed by atoms with Gasteiger partial charge in [0.05, 0.1) is 20.2 Å². The molecule has 0 spiro atoms. The number of halogens is 2. The van der Waals surface area contributed by atoms with Crippen LogP contribution in [0.15, 0.2) is 34.3 Å². The van der Waals surface area contributed by atoms with Gasteiger partial charge in [-0.15, -0.1) is 0 Å². The van der Waals surface area contributed by atoms with Crippen LogP contribution < -0.4 is 0 Å². The van der Waals surface area contributed by atoms with Crippen LogP contribution in [0.2, 0.25) is 0 Å². The molecule has 0 saturated heterocycles. The number of aromatic hydroxyl groups is 2. The van der Waals surface area contributed by atoms with Crippen molar-refractivity contribution >= 4 is 56.6 Å². The zero-order valence-electron chi connectivity index (χ0n) is 20.3. The second-order valence-corrected chi connectivity index (χ2v) is 12.5. The highest BCUT2D eigenvalue weighted by molar-refractivity contribution is 14.1. The largest absolute Gasteiger partial charge is 0.506 e. The summed E-state index contributed by atoms with van der Waals surface area (Å²) in [5.74, 6) is 0.552. The number of hydrogen-bond donors (Lipinski definition) is 2. The highest BCUT2D eigenvalue weighted by Gasteiger charge is 2.20. The lowest BCUT2D eigenvalue weighted by atomic mass is 9.85. The lowest BCUT2D eigenvalue weighted by Gasteiger charge is -2.21. The number of rotatable bonds is 5. The van der Waals surface area contributed by atoms with Gasteiger partial charge in [0.1, 0.15) is 11.5 Å². The molecule has 6 heteroatoms. The Labute approximate surface area is 220 Å². The second-order valence-electron chi connectivity index (χ2n) is 10.1. The molecule has 2 aromatic rings. The molecule has 0 atom stereocenters. The standard InChI is InChI=1S/C26H34I2N2O2/c1-15(19-11-17(25(3,4)5)13-21(27)23(19)31)29-9-10-30-16(2)20-12-18(26(6,7)8)14-22(28)24(20)32/h11-14,31-32H,9-10H2,1-8H3.